The third-order valence-corrected chi connectivity index (χ3v) is 8.99. The van der Waals surface area contributed by atoms with Crippen LogP contribution in [0.25, 0.3) is 0 Å². The smallest absolute Gasteiger partial charge is 0.209 e. The van der Waals surface area contributed by atoms with Crippen molar-refractivity contribution in [1.82, 2.24) is 0 Å². The fourth-order valence-electron chi connectivity index (χ4n) is 7.49. The highest BCUT2D eigenvalue weighted by molar-refractivity contribution is 6.25. The average molecular weight is 541 g/mol. The number of aliphatic hydroxyl groups excluding tert-OH is 2. The quantitative estimate of drug-likeness (QED) is 0.319. The molecule has 0 saturated carbocycles. The van der Waals surface area contributed by atoms with E-state index in [0.717, 1.165) is 12.5 Å². The highest BCUT2D eigenvalue weighted by atomic mass is 16.3. The number of ketones is 3. The second-order valence-electron chi connectivity index (χ2n) is 12.1. The van der Waals surface area contributed by atoms with E-state index < -0.39 is 56.8 Å². The van der Waals surface area contributed by atoms with Gasteiger partial charge in [0.1, 0.15) is 22.8 Å². The second-order valence-corrected chi connectivity index (χ2v) is 12.1. The molecule has 1 unspecified atom stereocenters. The summed E-state index contributed by atoms with van der Waals surface area (Å²) in [6.07, 6.45) is 0.281. The molecular weight excluding hydrogens is 508 g/mol. The lowest BCUT2D eigenvalue weighted by molar-refractivity contribution is -0.171. The molecule has 0 saturated heterocycles. The molecule has 4 N–H and O–H groups in total. The van der Waals surface area contributed by atoms with Crippen LogP contribution >= 0.6 is 0 Å². The van der Waals surface area contributed by atoms with Gasteiger partial charge in [0.2, 0.25) is 5.78 Å². The SMILES string of the molecule is CC(=O)C1=C(O)C(C(C)C)[C@@]2(C)C[C@@]3(C)Cc4ccc(C#Cc5ccccc5)c(O)c4C(=O)C3=C(O)[C@@]2(O)C1=O. The molecule has 0 aliphatic heterocycles. The van der Waals surface area contributed by atoms with Crippen LogP contribution in [0.2, 0.25) is 0 Å². The predicted molar refractivity (Wildman–Crippen MR) is 148 cm³/mol. The summed E-state index contributed by atoms with van der Waals surface area (Å²) in [5.41, 5.74) is -4.40. The van der Waals surface area contributed by atoms with Crippen LogP contribution in [-0.2, 0) is 16.0 Å². The topological polar surface area (TPSA) is 132 Å². The number of Topliss-reactive ketones (excluding diaryl/α,β-unsaturated/α-hetero) is 3. The van der Waals surface area contributed by atoms with E-state index in [1.165, 1.54) is 0 Å². The van der Waals surface area contributed by atoms with Crippen LogP contribution in [0.3, 0.4) is 0 Å². The van der Waals surface area contributed by atoms with E-state index in [4.69, 9.17) is 0 Å². The highest BCUT2D eigenvalue weighted by Gasteiger charge is 2.71. The summed E-state index contributed by atoms with van der Waals surface area (Å²) in [5, 5.41) is 46.1. The van der Waals surface area contributed by atoms with Gasteiger partial charge in [0.25, 0.3) is 0 Å². The maximum Gasteiger partial charge on any atom is 0.209 e. The number of aromatic hydroxyl groups is 1. The van der Waals surface area contributed by atoms with E-state index in [2.05, 4.69) is 11.8 Å². The Morgan fingerprint density at radius 1 is 1.00 bits per heavy atom. The Morgan fingerprint density at radius 2 is 1.65 bits per heavy atom. The predicted octanol–water partition coefficient (Wildman–Crippen LogP) is 4.75. The number of rotatable bonds is 2. The maximum absolute atomic E-state index is 14.1. The van der Waals surface area contributed by atoms with Crippen molar-refractivity contribution in [3.05, 3.63) is 87.4 Å². The molecular formula is C33H32O7. The van der Waals surface area contributed by atoms with E-state index in [9.17, 15) is 34.8 Å². The lowest BCUT2D eigenvalue weighted by atomic mass is 9.44. The van der Waals surface area contributed by atoms with Gasteiger partial charge in [0, 0.05) is 27.9 Å². The molecule has 5 rings (SSSR count). The number of benzene rings is 2. The summed E-state index contributed by atoms with van der Waals surface area (Å²) in [7, 11) is 0. The molecule has 40 heavy (non-hydrogen) atoms. The number of fused-ring (bicyclic) bond motifs is 3. The van der Waals surface area contributed by atoms with Crippen LogP contribution in [0.1, 0.15) is 68.1 Å². The molecule has 0 bridgehead atoms. The molecule has 206 valence electrons. The lowest BCUT2D eigenvalue weighted by Gasteiger charge is -2.59. The molecule has 4 atom stereocenters. The standard InChI is InChI=1S/C33H32O7/c1-17(2)24-27(36)22(18(3)34)29(38)33(40)30(39)25-28(37)23-21(15-31(25,4)16-32(24,33)5)14-13-20(26(23)35)12-11-19-9-7-6-8-10-19/h6-10,13-14,17,24,35-36,39-40H,15-16H2,1-5H3/t24?,31-,32-,33+/m1/s1. The van der Waals surface area contributed by atoms with Crippen molar-refractivity contribution in [2.45, 2.75) is 53.1 Å². The van der Waals surface area contributed by atoms with Crippen molar-refractivity contribution in [3.63, 3.8) is 0 Å². The molecule has 0 aromatic heterocycles. The zero-order chi connectivity index (χ0) is 29.4. The van der Waals surface area contributed by atoms with Gasteiger partial charge in [-0.05, 0) is 49.4 Å². The fourth-order valence-corrected chi connectivity index (χ4v) is 7.49. The number of phenolic OH excluding ortho intramolecular Hbond substituents is 1. The van der Waals surface area contributed by atoms with Gasteiger partial charge in [0.05, 0.1) is 11.1 Å². The van der Waals surface area contributed by atoms with Crippen molar-refractivity contribution >= 4 is 17.3 Å². The van der Waals surface area contributed by atoms with E-state index in [1.54, 1.807) is 39.8 Å². The van der Waals surface area contributed by atoms with E-state index in [0.29, 0.717) is 5.56 Å². The minimum Gasteiger partial charge on any atom is -0.511 e. The van der Waals surface area contributed by atoms with Gasteiger partial charge in [0.15, 0.2) is 17.2 Å². The Labute approximate surface area is 232 Å². The minimum absolute atomic E-state index is 0.0417. The van der Waals surface area contributed by atoms with Gasteiger partial charge >= 0.3 is 0 Å². The van der Waals surface area contributed by atoms with Gasteiger partial charge in [-0.2, -0.15) is 0 Å². The van der Waals surface area contributed by atoms with Gasteiger partial charge in [-0.1, -0.05) is 63.8 Å². The largest absolute Gasteiger partial charge is 0.511 e. The molecule has 0 spiro atoms. The molecule has 3 aliphatic rings. The number of phenols is 1. The summed E-state index contributed by atoms with van der Waals surface area (Å²) in [5.74, 6) is 0.518. The van der Waals surface area contributed by atoms with Crippen LogP contribution in [0.15, 0.2) is 65.1 Å². The summed E-state index contributed by atoms with van der Waals surface area (Å²) in [4.78, 5) is 40.3. The van der Waals surface area contributed by atoms with Gasteiger partial charge in [-0.15, -0.1) is 0 Å². The third-order valence-electron chi connectivity index (χ3n) is 8.99. The molecule has 0 heterocycles. The number of hydrogen-bond acceptors (Lipinski definition) is 7. The molecule has 2 aromatic carbocycles. The first-order valence-corrected chi connectivity index (χ1v) is 13.3. The zero-order valence-electron chi connectivity index (χ0n) is 23.1. The Kier molecular flexibility index (Phi) is 6.12. The second kappa shape index (κ2) is 8.94. The van der Waals surface area contributed by atoms with Crippen LogP contribution in [0, 0.1) is 34.5 Å². The van der Waals surface area contributed by atoms with Crippen LogP contribution in [0.5, 0.6) is 5.75 Å². The zero-order valence-corrected chi connectivity index (χ0v) is 23.1. The van der Waals surface area contributed by atoms with Crippen molar-refractivity contribution in [2.24, 2.45) is 22.7 Å². The Balaban J connectivity index is 1.72. The van der Waals surface area contributed by atoms with Crippen molar-refractivity contribution < 1.29 is 34.8 Å². The van der Waals surface area contributed by atoms with Crippen molar-refractivity contribution in [2.75, 3.05) is 0 Å². The van der Waals surface area contributed by atoms with E-state index in [1.807, 2.05) is 30.3 Å². The normalized spacial score (nSPS) is 29.4. The summed E-state index contributed by atoms with van der Waals surface area (Å²) in [6.45, 7) is 8.10. The molecule has 7 heteroatoms. The maximum atomic E-state index is 14.1. The molecule has 0 amide bonds. The highest BCUT2D eigenvalue weighted by Crippen LogP contribution is 2.65. The first kappa shape index (κ1) is 27.4. The Morgan fingerprint density at radius 3 is 2.25 bits per heavy atom. The molecule has 2 aromatic rings. The van der Waals surface area contributed by atoms with Crippen molar-refractivity contribution in [3.8, 4) is 17.6 Å². The van der Waals surface area contributed by atoms with Crippen LogP contribution in [0.4, 0.5) is 0 Å². The number of carbonyl (C=O) groups excluding carboxylic acids is 3. The number of allylic oxidation sites excluding steroid dienone is 2. The first-order valence-electron chi connectivity index (χ1n) is 13.3. The minimum atomic E-state index is -2.63. The van der Waals surface area contributed by atoms with Gasteiger partial charge in [-0.25, -0.2) is 0 Å². The average Bonchev–Trinajstić information content (AvgIpc) is 2.86. The molecule has 7 nitrogen and oxygen atoms in total. The molecule has 0 radical (unpaired) electrons. The van der Waals surface area contributed by atoms with Gasteiger partial charge < -0.3 is 20.4 Å². The number of aliphatic hydroxyl groups is 3. The summed E-state index contributed by atoms with van der Waals surface area (Å²) < 4.78 is 0. The molecule has 0 fully saturated rings. The number of hydrogen-bond donors (Lipinski definition) is 4. The summed E-state index contributed by atoms with van der Waals surface area (Å²) in [6, 6.07) is 12.5. The van der Waals surface area contributed by atoms with Crippen molar-refractivity contribution in [1.29, 1.82) is 0 Å². The first-order chi connectivity index (χ1) is 18.7. The van der Waals surface area contributed by atoms with Crippen LogP contribution in [-0.4, -0.2) is 43.4 Å². The van der Waals surface area contributed by atoms with E-state index in [-0.39, 0.29) is 41.2 Å². The monoisotopic (exact) mass is 540 g/mol. The Bertz CT molecular complexity index is 1620. The lowest BCUT2D eigenvalue weighted by Crippen LogP contribution is -2.67. The third kappa shape index (κ3) is 3.52. The molecule has 3 aliphatic carbocycles. The van der Waals surface area contributed by atoms with Crippen LogP contribution < -0.4 is 0 Å². The summed E-state index contributed by atoms with van der Waals surface area (Å²) >= 11 is 0. The number of carbonyl (C=O) groups is 3. The Hall–Kier alpha value is -4.15. The fraction of sp³-hybridized carbons (Fsp3) is 0.364. The van der Waals surface area contributed by atoms with E-state index >= 15 is 0 Å². The van der Waals surface area contributed by atoms with Gasteiger partial charge in [-0.3, -0.25) is 14.4 Å².